The smallest absolute Gasteiger partial charge is 0.118 e. The topological polar surface area (TPSA) is 23.5 Å². The van der Waals surface area contributed by atoms with Crippen molar-refractivity contribution in [2.24, 2.45) is 5.92 Å². The number of fused-ring (bicyclic) bond motifs is 1. The summed E-state index contributed by atoms with van der Waals surface area (Å²) in [5, 5.41) is 10.1. The number of aliphatic hydroxyl groups is 1. The second kappa shape index (κ2) is 6.42. The van der Waals surface area contributed by atoms with Crippen LogP contribution in [0.4, 0.5) is 0 Å². The first-order chi connectivity index (χ1) is 9.17. The van der Waals surface area contributed by atoms with Gasteiger partial charge in [-0.2, -0.15) is 0 Å². The number of nitrogens with zero attached hydrogens (tertiary/aromatic N) is 1. The molecule has 106 valence electrons. The van der Waals surface area contributed by atoms with Crippen LogP contribution in [0, 0.1) is 5.92 Å². The third-order valence-electron chi connectivity index (χ3n) is 4.29. The third-order valence-corrected chi connectivity index (χ3v) is 4.29. The normalized spacial score (nSPS) is 26.6. The van der Waals surface area contributed by atoms with Gasteiger partial charge in [0.15, 0.2) is 0 Å². The summed E-state index contributed by atoms with van der Waals surface area (Å²) in [6.45, 7) is 9.14. The Hall–Kier alpha value is -1.02. The van der Waals surface area contributed by atoms with Gasteiger partial charge in [-0.3, -0.25) is 4.90 Å². The lowest BCUT2D eigenvalue weighted by Crippen LogP contribution is -2.42. The maximum Gasteiger partial charge on any atom is 0.118 e. The Morgan fingerprint density at radius 2 is 1.95 bits per heavy atom. The predicted molar refractivity (Wildman–Crippen MR) is 81.2 cm³/mol. The summed E-state index contributed by atoms with van der Waals surface area (Å²) >= 11 is 0. The maximum atomic E-state index is 10.1. The minimum absolute atomic E-state index is 0.488. The van der Waals surface area contributed by atoms with Crippen LogP contribution < -0.4 is 0 Å². The van der Waals surface area contributed by atoms with Gasteiger partial charge in [0.1, 0.15) is 5.76 Å². The van der Waals surface area contributed by atoms with E-state index in [0.29, 0.717) is 17.7 Å². The quantitative estimate of drug-likeness (QED) is 0.801. The summed E-state index contributed by atoms with van der Waals surface area (Å²) in [4.78, 5) is 2.61. The SMILES string of the molecule is CCCN(CCC)C1CC2=C(O)C=CCC2=CC1C. The van der Waals surface area contributed by atoms with E-state index in [1.807, 2.05) is 6.08 Å². The molecule has 2 unspecified atom stereocenters. The Bertz CT molecular complexity index is 399. The van der Waals surface area contributed by atoms with E-state index in [2.05, 4.69) is 37.8 Å². The van der Waals surface area contributed by atoms with E-state index in [-0.39, 0.29) is 0 Å². The molecule has 1 N–H and O–H groups in total. The Labute approximate surface area is 117 Å². The van der Waals surface area contributed by atoms with Crippen LogP contribution in [0.2, 0.25) is 0 Å². The lowest BCUT2D eigenvalue weighted by atomic mass is 9.79. The lowest BCUT2D eigenvalue weighted by molar-refractivity contribution is 0.158. The fourth-order valence-corrected chi connectivity index (χ4v) is 3.39. The van der Waals surface area contributed by atoms with Gasteiger partial charge in [0, 0.05) is 6.04 Å². The molecule has 0 amide bonds. The summed E-state index contributed by atoms with van der Waals surface area (Å²) in [6, 6.07) is 0.548. The van der Waals surface area contributed by atoms with Gasteiger partial charge in [0.2, 0.25) is 0 Å². The van der Waals surface area contributed by atoms with Crippen LogP contribution in [0.15, 0.2) is 35.1 Å². The second-order valence-corrected chi connectivity index (χ2v) is 5.83. The molecule has 19 heavy (non-hydrogen) atoms. The molecule has 0 heterocycles. The first-order valence-corrected chi connectivity index (χ1v) is 7.71. The molecule has 2 nitrogen and oxygen atoms in total. The van der Waals surface area contributed by atoms with E-state index in [4.69, 9.17) is 0 Å². The van der Waals surface area contributed by atoms with E-state index in [0.717, 1.165) is 25.9 Å². The number of aliphatic hydroxyl groups excluding tert-OH is 1. The van der Waals surface area contributed by atoms with Crippen molar-refractivity contribution >= 4 is 0 Å². The first-order valence-electron chi connectivity index (χ1n) is 7.71. The molecule has 2 atom stereocenters. The van der Waals surface area contributed by atoms with Crippen LogP contribution in [0.1, 0.15) is 46.5 Å². The molecule has 0 aromatic heterocycles. The number of rotatable bonds is 5. The fourth-order valence-electron chi connectivity index (χ4n) is 3.39. The van der Waals surface area contributed by atoms with E-state index in [1.54, 1.807) is 0 Å². The monoisotopic (exact) mass is 261 g/mol. The molecule has 2 aliphatic carbocycles. The number of allylic oxidation sites excluding steroid dienone is 3. The molecular formula is C17H27NO. The van der Waals surface area contributed by atoms with Gasteiger partial charge in [0.05, 0.1) is 0 Å². The van der Waals surface area contributed by atoms with E-state index in [9.17, 15) is 5.11 Å². The molecule has 0 aromatic carbocycles. The summed E-state index contributed by atoms with van der Waals surface area (Å²) in [5.74, 6) is 1.07. The van der Waals surface area contributed by atoms with Crippen molar-refractivity contribution in [1.29, 1.82) is 0 Å². The van der Waals surface area contributed by atoms with E-state index >= 15 is 0 Å². The first kappa shape index (κ1) is 14.4. The minimum Gasteiger partial charge on any atom is -0.508 e. The van der Waals surface area contributed by atoms with Crippen LogP contribution in [-0.2, 0) is 0 Å². The molecule has 2 heteroatoms. The molecule has 0 aliphatic heterocycles. The van der Waals surface area contributed by atoms with Crippen molar-refractivity contribution in [2.75, 3.05) is 13.1 Å². The highest BCUT2D eigenvalue weighted by Crippen LogP contribution is 2.36. The summed E-state index contributed by atoms with van der Waals surface area (Å²) < 4.78 is 0. The molecular weight excluding hydrogens is 234 g/mol. The van der Waals surface area contributed by atoms with Gasteiger partial charge in [-0.15, -0.1) is 0 Å². The molecule has 0 bridgehead atoms. The van der Waals surface area contributed by atoms with Gasteiger partial charge >= 0.3 is 0 Å². The standard InChI is InChI=1S/C17H27NO/c1-4-9-18(10-5-2)16-12-15-14(11-13(16)3)7-6-8-17(15)19/h6,8,11,13,16,19H,4-5,7,9-10,12H2,1-3H3. The van der Waals surface area contributed by atoms with Crippen molar-refractivity contribution in [1.82, 2.24) is 4.90 Å². The highest BCUT2D eigenvalue weighted by Gasteiger charge is 2.30. The van der Waals surface area contributed by atoms with Gasteiger partial charge in [-0.05, 0) is 61.9 Å². The minimum atomic E-state index is 0.488. The van der Waals surface area contributed by atoms with Crippen molar-refractivity contribution in [3.8, 4) is 0 Å². The van der Waals surface area contributed by atoms with Gasteiger partial charge in [-0.25, -0.2) is 0 Å². The van der Waals surface area contributed by atoms with Crippen LogP contribution in [0.25, 0.3) is 0 Å². The summed E-state index contributed by atoms with van der Waals surface area (Å²) in [7, 11) is 0. The fraction of sp³-hybridized carbons (Fsp3) is 0.647. The van der Waals surface area contributed by atoms with E-state index < -0.39 is 0 Å². The highest BCUT2D eigenvalue weighted by molar-refractivity contribution is 5.45. The van der Waals surface area contributed by atoms with Crippen molar-refractivity contribution in [2.45, 2.75) is 52.5 Å². The Balaban J connectivity index is 2.21. The third kappa shape index (κ3) is 3.11. The zero-order valence-electron chi connectivity index (χ0n) is 12.5. The molecule has 0 spiro atoms. The Morgan fingerprint density at radius 1 is 1.26 bits per heavy atom. The summed E-state index contributed by atoms with van der Waals surface area (Å²) in [5.41, 5.74) is 2.53. The second-order valence-electron chi connectivity index (χ2n) is 5.83. The maximum absolute atomic E-state index is 10.1. The molecule has 0 fully saturated rings. The molecule has 0 radical (unpaired) electrons. The zero-order chi connectivity index (χ0) is 13.8. The highest BCUT2D eigenvalue weighted by atomic mass is 16.3. The van der Waals surface area contributed by atoms with Crippen LogP contribution in [0.5, 0.6) is 0 Å². The van der Waals surface area contributed by atoms with Crippen LogP contribution >= 0.6 is 0 Å². The van der Waals surface area contributed by atoms with E-state index in [1.165, 1.54) is 24.0 Å². The molecule has 0 saturated carbocycles. The Morgan fingerprint density at radius 3 is 2.58 bits per heavy atom. The largest absolute Gasteiger partial charge is 0.508 e. The van der Waals surface area contributed by atoms with Crippen molar-refractivity contribution in [3.63, 3.8) is 0 Å². The lowest BCUT2D eigenvalue weighted by Gasteiger charge is -2.39. The Kier molecular flexibility index (Phi) is 4.87. The molecule has 0 saturated heterocycles. The molecule has 2 rings (SSSR count). The van der Waals surface area contributed by atoms with Gasteiger partial charge in [-0.1, -0.05) is 32.9 Å². The zero-order valence-corrected chi connectivity index (χ0v) is 12.5. The average Bonchev–Trinajstić information content (AvgIpc) is 2.38. The molecule has 0 aromatic rings. The molecule has 2 aliphatic rings. The number of hydrogen-bond donors (Lipinski definition) is 1. The number of hydrogen-bond acceptors (Lipinski definition) is 2. The van der Waals surface area contributed by atoms with Crippen LogP contribution in [-0.4, -0.2) is 29.1 Å². The predicted octanol–water partition coefficient (Wildman–Crippen LogP) is 4.22. The van der Waals surface area contributed by atoms with Crippen molar-refractivity contribution < 1.29 is 5.11 Å². The average molecular weight is 261 g/mol. The van der Waals surface area contributed by atoms with Gasteiger partial charge < -0.3 is 5.11 Å². The van der Waals surface area contributed by atoms with Crippen molar-refractivity contribution in [3.05, 3.63) is 35.1 Å². The van der Waals surface area contributed by atoms with Crippen LogP contribution in [0.3, 0.4) is 0 Å². The van der Waals surface area contributed by atoms with Gasteiger partial charge in [0.25, 0.3) is 0 Å². The summed E-state index contributed by atoms with van der Waals surface area (Å²) in [6.07, 6.45) is 10.7.